The fraction of sp³-hybridized carbons (Fsp3) is 0.938. The Labute approximate surface area is 125 Å². The van der Waals surface area contributed by atoms with Crippen LogP contribution < -0.4 is 10.6 Å². The summed E-state index contributed by atoms with van der Waals surface area (Å²) in [5, 5.41) is 6.89. The van der Waals surface area contributed by atoms with E-state index >= 15 is 0 Å². The minimum Gasteiger partial charge on any atom is -0.357 e. The smallest absolute Gasteiger partial charge is 0.191 e. The van der Waals surface area contributed by atoms with Gasteiger partial charge in [0.1, 0.15) is 0 Å². The van der Waals surface area contributed by atoms with Crippen molar-refractivity contribution in [3.05, 3.63) is 0 Å². The van der Waals surface area contributed by atoms with Gasteiger partial charge in [0.2, 0.25) is 0 Å². The monoisotopic (exact) mass is 282 g/mol. The Morgan fingerprint density at radius 3 is 2.35 bits per heavy atom. The standard InChI is InChI=1S/C16H34N4/c1-5-14(6-2)12-18-16(17-7-3)19-13-15-8-10-20(4)11-9-15/h14-15H,5-13H2,1-4H3,(H2,17,18,19). The Kier molecular flexibility index (Phi) is 8.67. The van der Waals surface area contributed by atoms with Gasteiger partial charge in [0.25, 0.3) is 0 Å². The Morgan fingerprint density at radius 2 is 1.80 bits per heavy atom. The van der Waals surface area contributed by atoms with Crippen LogP contribution in [-0.4, -0.2) is 50.6 Å². The van der Waals surface area contributed by atoms with Crippen LogP contribution in [0.4, 0.5) is 0 Å². The molecule has 0 aromatic rings. The van der Waals surface area contributed by atoms with E-state index in [-0.39, 0.29) is 0 Å². The predicted octanol–water partition coefficient (Wildman–Crippen LogP) is 2.32. The maximum Gasteiger partial charge on any atom is 0.191 e. The SMILES string of the molecule is CCNC(=NCC(CC)CC)NCC1CCN(C)CC1. The van der Waals surface area contributed by atoms with E-state index in [0.29, 0.717) is 5.92 Å². The van der Waals surface area contributed by atoms with E-state index in [4.69, 9.17) is 4.99 Å². The van der Waals surface area contributed by atoms with Crippen molar-refractivity contribution in [2.75, 3.05) is 39.8 Å². The lowest BCUT2D eigenvalue weighted by Gasteiger charge is -2.29. The van der Waals surface area contributed by atoms with Crippen molar-refractivity contribution < 1.29 is 0 Å². The number of guanidine groups is 1. The zero-order valence-electron chi connectivity index (χ0n) is 13.9. The second-order valence-electron chi connectivity index (χ2n) is 6.03. The van der Waals surface area contributed by atoms with E-state index in [1.807, 2.05) is 0 Å². The Bertz CT molecular complexity index is 266. The van der Waals surface area contributed by atoms with Crippen molar-refractivity contribution in [2.24, 2.45) is 16.8 Å². The van der Waals surface area contributed by atoms with Gasteiger partial charge < -0.3 is 15.5 Å². The summed E-state index contributed by atoms with van der Waals surface area (Å²) < 4.78 is 0. The zero-order chi connectivity index (χ0) is 14.8. The maximum absolute atomic E-state index is 4.74. The van der Waals surface area contributed by atoms with Gasteiger partial charge in [-0.1, -0.05) is 26.7 Å². The van der Waals surface area contributed by atoms with E-state index in [2.05, 4.69) is 43.4 Å². The molecule has 2 N–H and O–H groups in total. The molecule has 1 aliphatic rings. The number of hydrogen-bond donors (Lipinski definition) is 2. The van der Waals surface area contributed by atoms with Gasteiger partial charge in [-0.15, -0.1) is 0 Å². The molecule has 1 heterocycles. The number of nitrogens with one attached hydrogen (secondary N) is 2. The summed E-state index contributed by atoms with van der Waals surface area (Å²) in [5.74, 6) is 2.51. The van der Waals surface area contributed by atoms with Crippen molar-refractivity contribution in [1.82, 2.24) is 15.5 Å². The quantitative estimate of drug-likeness (QED) is 0.556. The van der Waals surface area contributed by atoms with Gasteiger partial charge >= 0.3 is 0 Å². The lowest BCUT2D eigenvalue weighted by molar-refractivity contribution is 0.220. The minimum atomic E-state index is 0.716. The van der Waals surface area contributed by atoms with Crippen LogP contribution in [0.5, 0.6) is 0 Å². The summed E-state index contributed by atoms with van der Waals surface area (Å²) in [5.41, 5.74) is 0. The number of likely N-dealkylation sites (tertiary alicyclic amines) is 1. The van der Waals surface area contributed by atoms with Crippen molar-refractivity contribution in [1.29, 1.82) is 0 Å². The average Bonchev–Trinajstić information content (AvgIpc) is 2.47. The molecule has 0 amide bonds. The van der Waals surface area contributed by atoms with Gasteiger partial charge in [-0.2, -0.15) is 0 Å². The third-order valence-electron chi connectivity index (χ3n) is 4.40. The largest absolute Gasteiger partial charge is 0.357 e. The fourth-order valence-electron chi connectivity index (χ4n) is 2.62. The molecule has 0 saturated carbocycles. The molecular weight excluding hydrogens is 248 g/mol. The highest BCUT2D eigenvalue weighted by Gasteiger charge is 2.16. The molecular formula is C16H34N4. The highest BCUT2D eigenvalue weighted by Crippen LogP contribution is 2.14. The Hall–Kier alpha value is -0.770. The number of aliphatic imine (C=N–C) groups is 1. The second kappa shape index (κ2) is 10.0. The first-order valence-corrected chi connectivity index (χ1v) is 8.40. The lowest BCUT2D eigenvalue weighted by atomic mass is 9.97. The molecule has 4 heteroatoms. The number of rotatable bonds is 7. The van der Waals surface area contributed by atoms with Gasteiger partial charge in [0, 0.05) is 19.6 Å². The summed E-state index contributed by atoms with van der Waals surface area (Å²) in [6.07, 6.45) is 5.04. The van der Waals surface area contributed by atoms with Crippen LogP contribution >= 0.6 is 0 Å². The number of hydrogen-bond acceptors (Lipinski definition) is 2. The topological polar surface area (TPSA) is 39.7 Å². The van der Waals surface area contributed by atoms with Crippen molar-refractivity contribution in [3.8, 4) is 0 Å². The van der Waals surface area contributed by atoms with E-state index in [0.717, 1.165) is 31.5 Å². The van der Waals surface area contributed by atoms with Crippen LogP contribution in [0.15, 0.2) is 4.99 Å². The molecule has 20 heavy (non-hydrogen) atoms. The molecule has 0 aromatic carbocycles. The summed E-state index contributed by atoms with van der Waals surface area (Å²) in [6, 6.07) is 0. The minimum absolute atomic E-state index is 0.716. The molecule has 118 valence electrons. The first-order valence-electron chi connectivity index (χ1n) is 8.40. The fourth-order valence-corrected chi connectivity index (χ4v) is 2.62. The van der Waals surface area contributed by atoms with Gasteiger partial charge in [0.15, 0.2) is 5.96 Å². The molecule has 0 spiro atoms. The van der Waals surface area contributed by atoms with Crippen molar-refractivity contribution in [3.63, 3.8) is 0 Å². The highest BCUT2D eigenvalue weighted by atomic mass is 15.2. The molecule has 1 rings (SSSR count). The van der Waals surface area contributed by atoms with E-state index in [9.17, 15) is 0 Å². The van der Waals surface area contributed by atoms with Crippen LogP contribution in [0.3, 0.4) is 0 Å². The normalized spacial score (nSPS) is 18.6. The van der Waals surface area contributed by atoms with Gasteiger partial charge in [-0.3, -0.25) is 4.99 Å². The third-order valence-corrected chi connectivity index (χ3v) is 4.40. The van der Waals surface area contributed by atoms with Crippen LogP contribution in [0, 0.1) is 11.8 Å². The predicted molar refractivity (Wildman–Crippen MR) is 88.3 cm³/mol. The summed E-state index contributed by atoms with van der Waals surface area (Å²) in [6.45, 7) is 12.0. The number of piperidine rings is 1. The van der Waals surface area contributed by atoms with E-state index < -0.39 is 0 Å². The van der Waals surface area contributed by atoms with E-state index in [1.54, 1.807) is 0 Å². The van der Waals surface area contributed by atoms with Crippen LogP contribution in [0.2, 0.25) is 0 Å². The molecule has 1 fully saturated rings. The average molecular weight is 282 g/mol. The Morgan fingerprint density at radius 1 is 1.15 bits per heavy atom. The number of nitrogens with zero attached hydrogens (tertiary/aromatic N) is 2. The molecule has 1 saturated heterocycles. The first-order chi connectivity index (χ1) is 9.69. The van der Waals surface area contributed by atoms with Gasteiger partial charge in [0.05, 0.1) is 0 Å². The Balaban J connectivity index is 2.36. The summed E-state index contributed by atoms with van der Waals surface area (Å²) in [4.78, 5) is 7.16. The molecule has 0 atom stereocenters. The third kappa shape index (κ3) is 6.60. The van der Waals surface area contributed by atoms with Crippen molar-refractivity contribution >= 4 is 5.96 Å². The molecule has 0 aromatic heterocycles. The second-order valence-corrected chi connectivity index (χ2v) is 6.03. The summed E-state index contributed by atoms with van der Waals surface area (Å²) >= 11 is 0. The molecule has 1 aliphatic heterocycles. The molecule has 0 unspecified atom stereocenters. The lowest BCUT2D eigenvalue weighted by Crippen LogP contribution is -2.42. The molecule has 4 nitrogen and oxygen atoms in total. The zero-order valence-corrected chi connectivity index (χ0v) is 13.9. The van der Waals surface area contributed by atoms with Crippen LogP contribution in [0.1, 0.15) is 46.5 Å². The van der Waals surface area contributed by atoms with Gasteiger partial charge in [-0.25, -0.2) is 0 Å². The van der Waals surface area contributed by atoms with E-state index in [1.165, 1.54) is 38.8 Å². The maximum atomic E-state index is 4.74. The van der Waals surface area contributed by atoms with Gasteiger partial charge in [-0.05, 0) is 51.7 Å². The first kappa shape index (κ1) is 17.3. The van der Waals surface area contributed by atoms with Crippen molar-refractivity contribution in [2.45, 2.75) is 46.5 Å². The molecule has 0 aliphatic carbocycles. The highest BCUT2D eigenvalue weighted by molar-refractivity contribution is 5.79. The molecule has 0 bridgehead atoms. The summed E-state index contributed by atoms with van der Waals surface area (Å²) in [7, 11) is 2.21. The van der Waals surface area contributed by atoms with Crippen LogP contribution in [0.25, 0.3) is 0 Å². The van der Waals surface area contributed by atoms with Crippen LogP contribution in [-0.2, 0) is 0 Å². The molecule has 0 radical (unpaired) electrons.